The van der Waals surface area contributed by atoms with Gasteiger partial charge in [-0.05, 0) is 62.6 Å². The molecule has 1 fully saturated rings. The van der Waals surface area contributed by atoms with E-state index in [0.29, 0.717) is 11.8 Å². The van der Waals surface area contributed by atoms with Gasteiger partial charge in [0, 0.05) is 23.9 Å². The number of hydrogen-bond donors (Lipinski definition) is 0. The van der Waals surface area contributed by atoms with Gasteiger partial charge in [-0.2, -0.15) is 0 Å². The minimum Gasteiger partial charge on any atom is -0.466 e. The molecule has 174 valence electrons. The number of benzene rings is 2. The fraction of sp³-hybridized carbons (Fsp3) is 0.296. The van der Waals surface area contributed by atoms with Crippen molar-refractivity contribution < 1.29 is 14.3 Å². The van der Waals surface area contributed by atoms with E-state index in [-0.39, 0.29) is 17.8 Å². The second-order valence-corrected chi connectivity index (χ2v) is 8.87. The van der Waals surface area contributed by atoms with Crippen LogP contribution in [0, 0.1) is 5.92 Å². The molecule has 0 N–H and O–H groups in total. The zero-order valence-corrected chi connectivity index (χ0v) is 19.7. The molecular formula is C27H26ClN3O3. The lowest BCUT2D eigenvalue weighted by Crippen LogP contribution is -2.24. The van der Waals surface area contributed by atoms with Crippen LogP contribution in [0.15, 0.2) is 67.0 Å². The molecule has 2 aromatic heterocycles. The van der Waals surface area contributed by atoms with Gasteiger partial charge in [0.15, 0.2) is 5.15 Å². The molecule has 7 heteroatoms. The summed E-state index contributed by atoms with van der Waals surface area (Å²) >= 11 is 6.55. The van der Waals surface area contributed by atoms with Gasteiger partial charge in [0.2, 0.25) is 0 Å². The molecule has 0 radical (unpaired) electrons. The Hall–Kier alpha value is -3.38. The highest BCUT2D eigenvalue weighted by Gasteiger charge is 2.32. The molecule has 5 rings (SSSR count). The molecule has 1 saturated carbocycles. The summed E-state index contributed by atoms with van der Waals surface area (Å²) in [5.41, 5.74) is 2.48. The summed E-state index contributed by atoms with van der Waals surface area (Å²) in [6.07, 6.45) is 7.10. The zero-order valence-electron chi connectivity index (χ0n) is 19.0. The minimum absolute atomic E-state index is 0.0961. The van der Waals surface area contributed by atoms with E-state index < -0.39 is 0 Å². The number of nitrogens with zero attached hydrogens (tertiary/aromatic N) is 3. The largest absolute Gasteiger partial charge is 0.466 e. The van der Waals surface area contributed by atoms with Crippen molar-refractivity contribution in [1.29, 1.82) is 0 Å². The molecule has 0 amide bonds. The van der Waals surface area contributed by atoms with Crippen LogP contribution in [0.4, 0.5) is 0 Å². The molecule has 2 heterocycles. The van der Waals surface area contributed by atoms with Gasteiger partial charge < -0.3 is 9.47 Å². The molecule has 0 unspecified atom stereocenters. The van der Waals surface area contributed by atoms with Gasteiger partial charge in [0.25, 0.3) is 0 Å². The predicted octanol–water partition coefficient (Wildman–Crippen LogP) is 6.68. The number of aromatic nitrogens is 3. The average molecular weight is 476 g/mol. The first-order chi connectivity index (χ1) is 16.6. The van der Waals surface area contributed by atoms with Crippen LogP contribution < -0.4 is 4.74 Å². The lowest BCUT2D eigenvalue weighted by molar-refractivity contribution is -0.149. The highest BCUT2D eigenvalue weighted by Crippen LogP contribution is 2.39. The first kappa shape index (κ1) is 22.4. The molecule has 34 heavy (non-hydrogen) atoms. The third-order valence-corrected chi connectivity index (χ3v) is 6.58. The summed E-state index contributed by atoms with van der Waals surface area (Å²) in [4.78, 5) is 21.7. The van der Waals surface area contributed by atoms with Gasteiger partial charge in [-0.3, -0.25) is 9.20 Å². The van der Waals surface area contributed by atoms with E-state index in [9.17, 15) is 4.79 Å². The maximum absolute atomic E-state index is 12.4. The van der Waals surface area contributed by atoms with Crippen LogP contribution in [-0.2, 0) is 9.53 Å². The fourth-order valence-electron chi connectivity index (χ4n) is 4.72. The van der Waals surface area contributed by atoms with Gasteiger partial charge in [0.1, 0.15) is 22.8 Å². The van der Waals surface area contributed by atoms with Crippen molar-refractivity contribution >= 4 is 23.1 Å². The Morgan fingerprint density at radius 1 is 1.09 bits per heavy atom. The summed E-state index contributed by atoms with van der Waals surface area (Å²) in [5.74, 6) is 2.37. The highest BCUT2D eigenvalue weighted by molar-refractivity contribution is 6.33. The van der Waals surface area contributed by atoms with E-state index in [1.54, 1.807) is 6.20 Å². The molecule has 6 nitrogen and oxygen atoms in total. The van der Waals surface area contributed by atoms with Crippen molar-refractivity contribution in [3.8, 4) is 22.8 Å². The summed E-state index contributed by atoms with van der Waals surface area (Å²) in [7, 11) is 0. The van der Waals surface area contributed by atoms with Crippen LogP contribution in [-0.4, -0.2) is 26.9 Å². The fourth-order valence-corrected chi connectivity index (χ4v) is 4.95. The Kier molecular flexibility index (Phi) is 6.50. The lowest BCUT2D eigenvalue weighted by atomic mass is 9.81. The second-order valence-electron chi connectivity index (χ2n) is 8.51. The zero-order chi connectivity index (χ0) is 23.5. The number of imidazole rings is 1. The number of ether oxygens (including phenoxy) is 2. The summed E-state index contributed by atoms with van der Waals surface area (Å²) in [5, 5.41) is 0.401. The number of esters is 1. The Balaban J connectivity index is 1.47. The van der Waals surface area contributed by atoms with Crippen LogP contribution in [0.1, 0.15) is 44.3 Å². The van der Waals surface area contributed by atoms with Crippen molar-refractivity contribution in [1.82, 2.24) is 14.4 Å². The minimum atomic E-state index is -0.109. The van der Waals surface area contributed by atoms with Crippen molar-refractivity contribution in [3.63, 3.8) is 0 Å². The van der Waals surface area contributed by atoms with Gasteiger partial charge >= 0.3 is 5.97 Å². The molecule has 1 aliphatic rings. The van der Waals surface area contributed by atoms with Crippen molar-refractivity contribution in [2.24, 2.45) is 5.92 Å². The first-order valence-corrected chi connectivity index (χ1v) is 12.0. The van der Waals surface area contributed by atoms with E-state index in [1.807, 2.05) is 72.1 Å². The van der Waals surface area contributed by atoms with E-state index in [0.717, 1.165) is 59.8 Å². The van der Waals surface area contributed by atoms with Gasteiger partial charge in [-0.25, -0.2) is 9.97 Å². The third-order valence-electron chi connectivity index (χ3n) is 6.30. The molecule has 0 aliphatic heterocycles. The monoisotopic (exact) mass is 475 g/mol. The summed E-state index contributed by atoms with van der Waals surface area (Å²) in [6, 6.07) is 17.5. The number of hydrogen-bond acceptors (Lipinski definition) is 5. The predicted molar refractivity (Wildman–Crippen MR) is 131 cm³/mol. The number of carbonyl (C=O) groups is 1. The number of fused-ring (bicyclic) bond motifs is 1. The SMILES string of the molecule is CCOC(=O)[C@H]1CCC[C@H](c2nc(-c3ccc(Oc4ccccc4)cc3)c3c(Cl)nccn23)C1. The topological polar surface area (TPSA) is 65.7 Å². The van der Waals surface area contributed by atoms with Gasteiger partial charge in [-0.15, -0.1) is 0 Å². The van der Waals surface area contributed by atoms with Gasteiger partial charge in [-0.1, -0.05) is 36.2 Å². The molecule has 0 spiro atoms. The number of halogens is 1. The van der Waals surface area contributed by atoms with E-state index in [1.165, 1.54) is 0 Å². The van der Waals surface area contributed by atoms with Crippen LogP contribution in [0.5, 0.6) is 11.5 Å². The molecule has 0 bridgehead atoms. The molecule has 2 atom stereocenters. The Bertz CT molecular complexity index is 1290. The maximum Gasteiger partial charge on any atom is 0.308 e. The normalized spacial score (nSPS) is 18.1. The molecule has 1 aliphatic carbocycles. The van der Waals surface area contributed by atoms with E-state index in [2.05, 4.69) is 4.98 Å². The highest BCUT2D eigenvalue weighted by atomic mass is 35.5. The number of rotatable bonds is 6. The smallest absolute Gasteiger partial charge is 0.308 e. The molecule has 2 aromatic carbocycles. The first-order valence-electron chi connectivity index (χ1n) is 11.7. The van der Waals surface area contributed by atoms with Crippen LogP contribution >= 0.6 is 11.6 Å². The second kappa shape index (κ2) is 9.85. The number of para-hydroxylation sites is 1. The van der Waals surface area contributed by atoms with Crippen molar-refractivity contribution in [2.45, 2.75) is 38.5 Å². The summed E-state index contributed by atoms with van der Waals surface area (Å²) in [6.45, 7) is 2.25. The van der Waals surface area contributed by atoms with E-state index in [4.69, 9.17) is 26.1 Å². The Labute approximate surface area is 203 Å². The van der Waals surface area contributed by atoms with E-state index >= 15 is 0 Å². The van der Waals surface area contributed by atoms with Crippen LogP contribution in [0.3, 0.4) is 0 Å². The summed E-state index contributed by atoms with van der Waals surface area (Å²) < 4.78 is 13.2. The Morgan fingerprint density at radius 2 is 1.85 bits per heavy atom. The standard InChI is InChI=1S/C27H26ClN3O3/c1-2-33-27(32)20-8-6-7-19(17-20)26-30-23(24-25(28)29-15-16-31(24)26)18-11-13-22(14-12-18)34-21-9-4-3-5-10-21/h3-5,9-16,19-20H,2,6-8,17H2,1H3/t19-,20-/m0/s1. The Morgan fingerprint density at radius 3 is 2.62 bits per heavy atom. The molecule has 0 saturated heterocycles. The quantitative estimate of drug-likeness (QED) is 0.291. The maximum atomic E-state index is 12.4. The third kappa shape index (κ3) is 4.50. The number of carbonyl (C=O) groups excluding carboxylic acids is 1. The van der Waals surface area contributed by atoms with Gasteiger partial charge in [0.05, 0.1) is 18.2 Å². The van der Waals surface area contributed by atoms with Crippen LogP contribution in [0.25, 0.3) is 16.8 Å². The molecular weight excluding hydrogens is 450 g/mol. The average Bonchev–Trinajstić information content (AvgIpc) is 3.26. The van der Waals surface area contributed by atoms with Crippen molar-refractivity contribution in [2.75, 3.05) is 6.61 Å². The van der Waals surface area contributed by atoms with Crippen molar-refractivity contribution in [3.05, 3.63) is 78.0 Å². The molecule has 4 aromatic rings. The lowest BCUT2D eigenvalue weighted by Gasteiger charge is -2.27. The van der Waals surface area contributed by atoms with Crippen LogP contribution in [0.2, 0.25) is 5.15 Å².